The third kappa shape index (κ3) is 2.64. The maximum absolute atomic E-state index is 13.6. The Labute approximate surface area is 94.2 Å². The highest BCUT2D eigenvalue weighted by Crippen LogP contribution is 2.30. The molecule has 1 aromatic rings. The van der Waals surface area contributed by atoms with E-state index < -0.39 is 17.4 Å². The molecule has 2 N–H and O–H groups in total. The fraction of sp³-hybridized carbons (Fsp3) is 0.333. The number of hydrogen-bond donors (Lipinski definition) is 1. The second kappa shape index (κ2) is 5.39. The Kier molecular flexibility index (Phi) is 4.44. The molecule has 0 aliphatic rings. The van der Waals surface area contributed by atoms with E-state index >= 15 is 0 Å². The Morgan fingerprint density at radius 2 is 2.07 bits per heavy atom. The minimum atomic E-state index is -0.757. The van der Waals surface area contributed by atoms with E-state index in [1.807, 2.05) is 0 Å². The Morgan fingerprint density at radius 1 is 1.40 bits per heavy atom. The third-order valence-corrected chi connectivity index (χ3v) is 2.46. The summed E-state index contributed by atoms with van der Waals surface area (Å²) in [6.45, 7) is 0.151. The van der Waals surface area contributed by atoms with Gasteiger partial charge >= 0.3 is 0 Å². The Hall–Kier alpha value is -0.720. The smallest absolute Gasteiger partial charge is 0.191 e. The average Bonchev–Trinajstić information content (AvgIpc) is 2.22. The van der Waals surface area contributed by atoms with Gasteiger partial charge in [-0.2, -0.15) is 0 Å². The lowest BCUT2D eigenvalue weighted by Crippen LogP contribution is -2.06. The van der Waals surface area contributed by atoms with Crippen LogP contribution in [0.15, 0.2) is 10.5 Å². The molecule has 0 aliphatic heterocycles. The number of benzene rings is 1. The van der Waals surface area contributed by atoms with E-state index in [0.29, 0.717) is 0 Å². The first-order valence-electron chi connectivity index (χ1n) is 4.13. The van der Waals surface area contributed by atoms with Crippen LogP contribution in [-0.4, -0.2) is 13.7 Å². The van der Waals surface area contributed by atoms with Gasteiger partial charge in [0.1, 0.15) is 0 Å². The second-order valence-corrected chi connectivity index (χ2v) is 3.65. The molecule has 0 fully saturated rings. The number of halogens is 3. The quantitative estimate of drug-likeness (QED) is 0.680. The van der Waals surface area contributed by atoms with E-state index in [9.17, 15) is 8.78 Å². The molecule has 15 heavy (non-hydrogen) atoms. The van der Waals surface area contributed by atoms with Crippen molar-refractivity contribution in [2.75, 3.05) is 13.7 Å². The van der Waals surface area contributed by atoms with Gasteiger partial charge in [-0.3, -0.25) is 0 Å². The fourth-order valence-electron chi connectivity index (χ4n) is 1.16. The van der Waals surface area contributed by atoms with E-state index in [1.54, 1.807) is 0 Å². The number of nitrogens with two attached hydrogens (primary N) is 1. The van der Waals surface area contributed by atoms with Crippen molar-refractivity contribution in [2.45, 2.75) is 6.42 Å². The van der Waals surface area contributed by atoms with Crippen LogP contribution in [0, 0.1) is 11.6 Å². The van der Waals surface area contributed by atoms with Gasteiger partial charge < -0.3 is 9.57 Å². The molecule has 0 bridgehead atoms. The van der Waals surface area contributed by atoms with Crippen molar-refractivity contribution >= 4 is 15.9 Å². The van der Waals surface area contributed by atoms with Gasteiger partial charge in [0, 0.05) is 6.42 Å². The molecule has 0 radical (unpaired) electrons. The van der Waals surface area contributed by atoms with Crippen molar-refractivity contribution in [3.8, 4) is 5.75 Å². The van der Waals surface area contributed by atoms with Crippen molar-refractivity contribution in [1.82, 2.24) is 0 Å². The van der Waals surface area contributed by atoms with E-state index in [0.717, 1.165) is 0 Å². The van der Waals surface area contributed by atoms with Gasteiger partial charge in [0.15, 0.2) is 17.4 Å². The molecule has 0 amide bonds. The van der Waals surface area contributed by atoms with Gasteiger partial charge in [0.05, 0.1) is 18.2 Å². The van der Waals surface area contributed by atoms with Crippen molar-refractivity contribution < 1.29 is 18.4 Å². The molecule has 1 aromatic carbocycles. The summed E-state index contributed by atoms with van der Waals surface area (Å²) in [5.41, 5.74) is 0.283. The lowest BCUT2D eigenvalue weighted by atomic mass is 10.1. The molecule has 1 rings (SSSR count). The molecule has 0 aliphatic carbocycles. The molecular formula is C9H10BrF2NO2. The molecule has 0 saturated carbocycles. The van der Waals surface area contributed by atoms with Crippen LogP contribution >= 0.6 is 15.9 Å². The van der Waals surface area contributed by atoms with Crippen LogP contribution < -0.4 is 10.6 Å². The largest absolute Gasteiger partial charge is 0.491 e. The average molecular weight is 282 g/mol. The van der Waals surface area contributed by atoms with Crippen LogP contribution in [0.2, 0.25) is 0 Å². The van der Waals surface area contributed by atoms with Crippen LogP contribution in [-0.2, 0) is 11.3 Å². The highest BCUT2D eigenvalue weighted by Gasteiger charge is 2.17. The van der Waals surface area contributed by atoms with E-state index in [-0.39, 0.29) is 23.1 Å². The summed E-state index contributed by atoms with van der Waals surface area (Å²) in [6, 6.07) is 1.34. The zero-order valence-electron chi connectivity index (χ0n) is 8.02. The summed E-state index contributed by atoms with van der Waals surface area (Å²) in [7, 11) is 1.21. The molecule has 0 saturated heterocycles. The molecule has 0 aromatic heterocycles. The zero-order chi connectivity index (χ0) is 11.4. The Bertz CT molecular complexity index is 360. The van der Waals surface area contributed by atoms with Gasteiger partial charge in [0.25, 0.3) is 0 Å². The Morgan fingerprint density at radius 3 is 2.60 bits per heavy atom. The molecule has 0 spiro atoms. The van der Waals surface area contributed by atoms with Crippen LogP contribution in [0.1, 0.15) is 5.56 Å². The standard InChI is InChI=1S/C9H10BrF2NO2/c1-14-9-7(11)5(2-3-15-13)4-6(10)8(9)12/h4H,2-3,13H2,1H3. The van der Waals surface area contributed by atoms with Crippen LogP contribution in [0.4, 0.5) is 8.78 Å². The Balaban J connectivity index is 3.12. The van der Waals surface area contributed by atoms with Crippen LogP contribution in [0.3, 0.4) is 0 Å². The summed E-state index contributed by atoms with van der Waals surface area (Å²) in [6.07, 6.45) is 0.248. The normalized spacial score (nSPS) is 10.5. The van der Waals surface area contributed by atoms with Gasteiger partial charge in [0.2, 0.25) is 0 Å². The minimum absolute atomic E-state index is 0.146. The number of methoxy groups -OCH3 is 1. The van der Waals surface area contributed by atoms with E-state index in [4.69, 9.17) is 5.90 Å². The summed E-state index contributed by atoms with van der Waals surface area (Å²) in [5.74, 6) is 2.94. The monoisotopic (exact) mass is 281 g/mol. The second-order valence-electron chi connectivity index (χ2n) is 2.80. The van der Waals surface area contributed by atoms with Gasteiger partial charge in [-0.25, -0.2) is 14.7 Å². The molecule has 0 heterocycles. The first kappa shape index (κ1) is 12.4. The molecular weight excluding hydrogens is 272 g/mol. The molecule has 0 unspecified atom stereocenters. The number of ether oxygens (including phenoxy) is 1. The van der Waals surface area contributed by atoms with Crippen LogP contribution in [0.25, 0.3) is 0 Å². The summed E-state index contributed by atoms with van der Waals surface area (Å²) in [5, 5.41) is 0. The van der Waals surface area contributed by atoms with Crippen molar-refractivity contribution in [1.29, 1.82) is 0 Å². The third-order valence-electron chi connectivity index (χ3n) is 1.88. The predicted octanol–water partition coefficient (Wildman–Crippen LogP) is 2.17. The zero-order valence-corrected chi connectivity index (χ0v) is 9.61. The van der Waals surface area contributed by atoms with Crippen molar-refractivity contribution in [3.63, 3.8) is 0 Å². The van der Waals surface area contributed by atoms with E-state index in [2.05, 4.69) is 25.5 Å². The van der Waals surface area contributed by atoms with Crippen LogP contribution in [0.5, 0.6) is 5.75 Å². The molecule has 6 heteroatoms. The SMILES string of the molecule is COc1c(F)c(Br)cc(CCON)c1F. The highest BCUT2D eigenvalue weighted by atomic mass is 79.9. The molecule has 3 nitrogen and oxygen atoms in total. The maximum atomic E-state index is 13.6. The highest BCUT2D eigenvalue weighted by molar-refractivity contribution is 9.10. The fourth-order valence-corrected chi connectivity index (χ4v) is 1.62. The summed E-state index contributed by atoms with van der Waals surface area (Å²) >= 11 is 2.97. The lowest BCUT2D eigenvalue weighted by molar-refractivity contribution is 0.140. The van der Waals surface area contributed by atoms with Crippen molar-refractivity contribution in [3.05, 3.63) is 27.7 Å². The molecule has 84 valence electrons. The first-order valence-corrected chi connectivity index (χ1v) is 4.93. The topological polar surface area (TPSA) is 44.5 Å². The number of rotatable bonds is 4. The number of hydrogen-bond acceptors (Lipinski definition) is 3. The lowest BCUT2D eigenvalue weighted by Gasteiger charge is -2.09. The predicted molar refractivity (Wildman–Crippen MR) is 54.5 cm³/mol. The van der Waals surface area contributed by atoms with Gasteiger partial charge in [-0.05, 0) is 27.6 Å². The summed E-state index contributed by atoms with van der Waals surface area (Å²) < 4.78 is 31.6. The maximum Gasteiger partial charge on any atom is 0.191 e. The molecule has 0 atom stereocenters. The van der Waals surface area contributed by atoms with Gasteiger partial charge in [-0.15, -0.1) is 0 Å². The summed E-state index contributed by atoms with van der Waals surface area (Å²) in [4.78, 5) is 4.33. The van der Waals surface area contributed by atoms with E-state index in [1.165, 1.54) is 13.2 Å². The minimum Gasteiger partial charge on any atom is -0.491 e. The van der Waals surface area contributed by atoms with Crippen molar-refractivity contribution in [2.24, 2.45) is 5.90 Å². The first-order chi connectivity index (χ1) is 7.11. The van der Waals surface area contributed by atoms with Gasteiger partial charge in [-0.1, -0.05) is 0 Å².